The summed E-state index contributed by atoms with van der Waals surface area (Å²) >= 11 is 0. The predicted molar refractivity (Wildman–Crippen MR) is 97.1 cm³/mol. The summed E-state index contributed by atoms with van der Waals surface area (Å²) in [6.07, 6.45) is 12.5. The first-order chi connectivity index (χ1) is 12.3. The summed E-state index contributed by atoms with van der Waals surface area (Å²) in [6, 6.07) is 3.91. The summed E-state index contributed by atoms with van der Waals surface area (Å²) in [7, 11) is 1.93. The van der Waals surface area contributed by atoms with E-state index in [-0.39, 0.29) is 0 Å². The Balaban J connectivity index is 1.62. The second-order valence-electron chi connectivity index (χ2n) is 6.98. The highest BCUT2D eigenvalue weighted by Gasteiger charge is 2.34. The molecule has 0 amide bonds. The van der Waals surface area contributed by atoms with Crippen LogP contribution in [0.5, 0.6) is 0 Å². The molecule has 0 aromatic carbocycles. The molecule has 2 atom stereocenters. The van der Waals surface area contributed by atoms with Crippen LogP contribution in [0, 0.1) is 11.8 Å². The number of aromatic nitrogens is 5. The zero-order valence-corrected chi connectivity index (χ0v) is 14.2. The minimum atomic E-state index is 0.732. The molecule has 0 N–H and O–H groups in total. The second-order valence-corrected chi connectivity index (χ2v) is 6.98. The lowest BCUT2D eigenvalue weighted by atomic mass is 9.86. The van der Waals surface area contributed by atoms with Gasteiger partial charge in [-0.25, -0.2) is 9.97 Å². The lowest BCUT2D eigenvalue weighted by molar-refractivity contribution is 0.411. The molecule has 5 rings (SSSR count). The first kappa shape index (κ1) is 14.6. The number of rotatable bonds is 2. The van der Waals surface area contributed by atoms with Crippen molar-refractivity contribution in [3.8, 4) is 11.4 Å². The monoisotopic (exact) mass is 332 g/mol. The molecular weight excluding hydrogens is 312 g/mol. The fourth-order valence-corrected chi connectivity index (χ4v) is 4.07. The first-order valence-electron chi connectivity index (χ1n) is 8.79. The fourth-order valence-electron chi connectivity index (χ4n) is 4.07. The first-order valence-corrected chi connectivity index (χ1v) is 8.79. The molecule has 0 saturated carbocycles. The van der Waals surface area contributed by atoms with Gasteiger partial charge in [0.25, 0.3) is 0 Å². The SMILES string of the molecule is Cn1ncc2c(N3C[C@H]4CC=CC[C@H]4C3)nc(-c3ccncc3)nc21. The minimum absolute atomic E-state index is 0.732. The molecular formula is C19H20N6. The molecule has 0 unspecified atom stereocenters. The topological polar surface area (TPSA) is 59.7 Å². The molecule has 6 nitrogen and oxygen atoms in total. The molecule has 3 aromatic heterocycles. The van der Waals surface area contributed by atoms with Gasteiger partial charge in [-0.3, -0.25) is 9.67 Å². The standard InChI is InChI=1S/C19H20N6/c1-24-18-16(10-21-24)19(23-17(22-18)13-6-8-20-9-7-13)25-11-14-4-2-3-5-15(14)12-25/h2-3,6-10,14-15H,4-5,11-12H2,1H3/t14-,15+. The van der Waals surface area contributed by atoms with Crippen LogP contribution in [0.15, 0.2) is 42.9 Å². The van der Waals surface area contributed by atoms with Crippen LogP contribution in [0.25, 0.3) is 22.4 Å². The Kier molecular flexibility index (Phi) is 3.29. The van der Waals surface area contributed by atoms with Gasteiger partial charge in [-0.2, -0.15) is 5.10 Å². The molecule has 126 valence electrons. The van der Waals surface area contributed by atoms with E-state index in [1.807, 2.05) is 30.1 Å². The van der Waals surface area contributed by atoms with Crippen LogP contribution < -0.4 is 4.90 Å². The lowest BCUT2D eigenvalue weighted by Crippen LogP contribution is -2.22. The van der Waals surface area contributed by atoms with Crippen molar-refractivity contribution >= 4 is 16.9 Å². The van der Waals surface area contributed by atoms with Crippen LogP contribution in [0.2, 0.25) is 0 Å². The summed E-state index contributed by atoms with van der Waals surface area (Å²) in [5, 5.41) is 5.45. The Labute approximate surface area is 146 Å². The number of nitrogens with zero attached hydrogens (tertiary/aromatic N) is 6. The molecule has 6 heteroatoms. The zero-order chi connectivity index (χ0) is 16.8. The molecule has 4 heterocycles. The Morgan fingerprint density at radius 2 is 1.72 bits per heavy atom. The summed E-state index contributed by atoms with van der Waals surface area (Å²) in [6.45, 7) is 2.12. The number of hydrogen-bond donors (Lipinski definition) is 0. The van der Waals surface area contributed by atoms with E-state index in [2.05, 4.69) is 27.1 Å². The minimum Gasteiger partial charge on any atom is -0.355 e. The second kappa shape index (κ2) is 5.65. The van der Waals surface area contributed by atoms with Gasteiger partial charge in [0.05, 0.1) is 11.6 Å². The highest BCUT2D eigenvalue weighted by atomic mass is 15.3. The van der Waals surface area contributed by atoms with E-state index in [0.717, 1.165) is 53.2 Å². The number of anilines is 1. The molecule has 25 heavy (non-hydrogen) atoms. The molecule has 3 aromatic rings. The smallest absolute Gasteiger partial charge is 0.164 e. The summed E-state index contributed by atoms with van der Waals surface area (Å²) in [5.41, 5.74) is 1.86. The highest BCUT2D eigenvalue weighted by Crippen LogP contribution is 2.37. The Morgan fingerprint density at radius 1 is 1.00 bits per heavy atom. The number of aryl methyl sites for hydroxylation is 1. The molecule has 1 aliphatic carbocycles. The van der Waals surface area contributed by atoms with E-state index in [4.69, 9.17) is 9.97 Å². The van der Waals surface area contributed by atoms with Gasteiger partial charge in [-0.1, -0.05) is 12.2 Å². The Hall–Kier alpha value is -2.76. The van der Waals surface area contributed by atoms with Crippen molar-refractivity contribution < 1.29 is 0 Å². The number of hydrogen-bond acceptors (Lipinski definition) is 5. The van der Waals surface area contributed by atoms with Gasteiger partial charge in [0.1, 0.15) is 5.82 Å². The Bertz CT molecular complexity index is 929. The highest BCUT2D eigenvalue weighted by molar-refractivity contribution is 5.88. The van der Waals surface area contributed by atoms with Gasteiger partial charge in [0.15, 0.2) is 11.5 Å². The Morgan fingerprint density at radius 3 is 2.44 bits per heavy atom. The third-order valence-electron chi connectivity index (χ3n) is 5.43. The van der Waals surface area contributed by atoms with Gasteiger partial charge >= 0.3 is 0 Å². The largest absolute Gasteiger partial charge is 0.355 e. The molecule has 1 aliphatic heterocycles. The van der Waals surface area contributed by atoms with Crippen molar-refractivity contribution in [3.05, 3.63) is 42.9 Å². The van der Waals surface area contributed by atoms with Gasteiger partial charge in [-0.15, -0.1) is 0 Å². The van der Waals surface area contributed by atoms with Gasteiger partial charge in [0, 0.05) is 38.1 Å². The van der Waals surface area contributed by atoms with E-state index in [1.54, 1.807) is 12.4 Å². The van der Waals surface area contributed by atoms with Crippen molar-refractivity contribution in [2.24, 2.45) is 18.9 Å². The summed E-state index contributed by atoms with van der Waals surface area (Å²) < 4.78 is 1.83. The van der Waals surface area contributed by atoms with E-state index >= 15 is 0 Å². The summed E-state index contributed by atoms with van der Waals surface area (Å²) in [5.74, 6) is 3.22. The van der Waals surface area contributed by atoms with Crippen molar-refractivity contribution in [2.75, 3.05) is 18.0 Å². The van der Waals surface area contributed by atoms with E-state index in [1.165, 1.54) is 12.8 Å². The van der Waals surface area contributed by atoms with Crippen LogP contribution >= 0.6 is 0 Å². The van der Waals surface area contributed by atoms with Crippen LogP contribution in [0.4, 0.5) is 5.82 Å². The van der Waals surface area contributed by atoms with Crippen molar-refractivity contribution in [1.82, 2.24) is 24.7 Å². The zero-order valence-electron chi connectivity index (χ0n) is 14.2. The van der Waals surface area contributed by atoms with Crippen LogP contribution in [-0.4, -0.2) is 37.8 Å². The number of allylic oxidation sites excluding steroid dienone is 2. The van der Waals surface area contributed by atoms with Crippen molar-refractivity contribution in [3.63, 3.8) is 0 Å². The van der Waals surface area contributed by atoms with Crippen molar-refractivity contribution in [1.29, 1.82) is 0 Å². The third kappa shape index (κ3) is 2.40. The van der Waals surface area contributed by atoms with Gasteiger partial charge in [-0.05, 0) is 36.8 Å². The fraction of sp³-hybridized carbons (Fsp3) is 0.368. The average Bonchev–Trinajstić information content (AvgIpc) is 3.25. The van der Waals surface area contributed by atoms with E-state index in [0.29, 0.717) is 0 Å². The van der Waals surface area contributed by atoms with Crippen molar-refractivity contribution in [2.45, 2.75) is 12.8 Å². The normalized spacial score (nSPS) is 22.5. The average molecular weight is 332 g/mol. The van der Waals surface area contributed by atoms with E-state index in [9.17, 15) is 0 Å². The molecule has 0 spiro atoms. The maximum absolute atomic E-state index is 4.94. The maximum atomic E-state index is 4.94. The van der Waals surface area contributed by atoms with Crippen LogP contribution in [-0.2, 0) is 7.05 Å². The molecule has 2 aliphatic rings. The molecule has 0 radical (unpaired) electrons. The lowest BCUT2D eigenvalue weighted by Gasteiger charge is -2.19. The van der Waals surface area contributed by atoms with Crippen LogP contribution in [0.1, 0.15) is 12.8 Å². The third-order valence-corrected chi connectivity index (χ3v) is 5.43. The number of pyridine rings is 1. The molecule has 1 fully saturated rings. The van der Waals surface area contributed by atoms with Crippen LogP contribution in [0.3, 0.4) is 0 Å². The maximum Gasteiger partial charge on any atom is 0.164 e. The van der Waals surface area contributed by atoms with Gasteiger partial charge < -0.3 is 4.90 Å². The predicted octanol–water partition coefficient (Wildman–Crippen LogP) is 2.83. The molecule has 1 saturated heterocycles. The molecule has 0 bridgehead atoms. The van der Waals surface area contributed by atoms with E-state index < -0.39 is 0 Å². The quantitative estimate of drug-likeness (QED) is 0.675. The van der Waals surface area contributed by atoms with Gasteiger partial charge in [0.2, 0.25) is 0 Å². The summed E-state index contributed by atoms with van der Waals surface area (Å²) in [4.78, 5) is 16.2. The number of fused-ring (bicyclic) bond motifs is 2.